The lowest BCUT2D eigenvalue weighted by molar-refractivity contribution is 0.409. The fourth-order valence-electron chi connectivity index (χ4n) is 1.80. The Kier molecular flexibility index (Phi) is 5.00. The van der Waals surface area contributed by atoms with E-state index >= 15 is 0 Å². The Morgan fingerprint density at radius 1 is 1.00 bits per heavy atom. The van der Waals surface area contributed by atoms with E-state index in [0.29, 0.717) is 0 Å². The van der Waals surface area contributed by atoms with Gasteiger partial charge in [-0.05, 0) is 86.7 Å². The van der Waals surface area contributed by atoms with Crippen molar-refractivity contribution in [3.63, 3.8) is 0 Å². The minimum absolute atomic E-state index is 0.785. The number of hydrogen-bond donors (Lipinski definition) is 0. The molecule has 0 amide bonds. The first-order chi connectivity index (χ1) is 9.51. The third kappa shape index (κ3) is 3.49. The van der Waals surface area contributed by atoms with Gasteiger partial charge in [0.25, 0.3) is 0 Å². The molecule has 2 aromatic rings. The molecule has 0 fully saturated rings. The quantitative estimate of drug-likeness (QED) is 0.619. The van der Waals surface area contributed by atoms with Gasteiger partial charge in [-0.3, -0.25) is 4.99 Å². The number of methoxy groups -OCH3 is 1. The van der Waals surface area contributed by atoms with E-state index in [0.717, 1.165) is 25.9 Å². The van der Waals surface area contributed by atoms with Crippen molar-refractivity contribution >= 4 is 43.8 Å². The molecule has 0 atom stereocenters. The zero-order chi connectivity index (χ0) is 14.7. The number of aliphatic imine (C=N–C) groups is 1. The molecule has 0 N–H and O–H groups in total. The van der Waals surface area contributed by atoms with Gasteiger partial charge in [0.2, 0.25) is 0 Å². The molecule has 20 heavy (non-hydrogen) atoms. The average Bonchev–Trinajstić information content (AvgIpc) is 2.40. The van der Waals surface area contributed by atoms with Gasteiger partial charge in [-0.1, -0.05) is 6.07 Å². The van der Waals surface area contributed by atoms with Gasteiger partial charge < -0.3 is 4.74 Å². The van der Waals surface area contributed by atoms with E-state index in [1.54, 1.807) is 7.11 Å². The first kappa shape index (κ1) is 15.3. The van der Waals surface area contributed by atoms with Gasteiger partial charge in [0, 0.05) is 6.21 Å². The minimum Gasteiger partial charge on any atom is -0.494 e. The largest absolute Gasteiger partial charge is 0.494 e. The first-order valence-corrected chi connectivity index (χ1v) is 7.74. The third-order valence-electron chi connectivity index (χ3n) is 3.08. The highest BCUT2D eigenvalue weighted by Crippen LogP contribution is 2.34. The fraction of sp³-hybridized carbons (Fsp3) is 0.188. The monoisotopic (exact) mass is 395 g/mol. The van der Waals surface area contributed by atoms with Crippen LogP contribution in [-0.4, -0.2) is 13.3 Å². The molecule has 4 heteroatoms. The minimum atomic E-state index is 0.785. The molecule has 0 aliphatic carbocycles. The number of ether oxygens (including phenoxy) is 1. The summed E-state index contributed by atoms with van der Waals surface area (Å²) in [5.41, 5.74) is 4.48. The Morgan fingerprint density at radius 3 is 2.20 bits per heavy atom. The van der Waals surface area contributed by atoms with Crippen LogP contribution < -0.4 is 4.74 Å². The lowest BCUT2D eigenvalue weighted by Crippen LogP contribution is -1.89. The summed E-state index contributed by atoms with van der Waals surface area (Å²) in [6, 6.07) is 10.1. The van der Waals surface area contributed by atoms with E-state index in [4.69, 9.17) is 4.74 Å². The van der Waals surface area contributed by atoms with Gasteiger partial charge in [0.15, 0.2) is 0 Å². The number of halogens is 2. The molecular weight excluding hydrogens is 382 g/mol. The van der Waals surface area contributed by atoms with Crippen LogP contribution in [-0.2, 0) is 0 Å². The van der Waals surface area contributed by atoms with Crippen LogP contribution in [0.25, 0.3) is 0 Å². The number of aryl methyl sites for hydroxylation is 2. The van der Waals surface area contributed by atoms with Crippen molar-refractivity contribution in [1.82, 2.24) is 0 Å². The lowest BCUT2D eigenvalue weighted by Gasteiger charge is -2.07. The molecule has 0 radical (unpaired) electrons. The van der Waals surface area contributed by atoms with Gasteiger partial charge >= 0.3 is 0 Å². The standard InChI is InChI=1S/C16H15Br2NO/c1-10-4-5-13(6-11(10)2)19-9-12-7-14(17)16(20-3)15(18)8-12/h4-9H,1-3H3. The second kappa shape index (κ2) is 6.55. The molecular formula is C16H15Br2NO. The molecule has 104 valence electrons. The molecule has 0 aromatic heterocycles. The molecule has 0 unspecified atom stereocenters. The van der Waals surface area contributed by atoms with Crippen LogP contribution in [0.1, 0.15) is 16.7 Å². The van der Waals surface area contributed by atoms with Gasteiger partial charge in [-0.15, -0.1) is 0 Å². The highest BCUT2D eigenvalue weighted by atomic mass is 79.9. The molecule has 0 aliphatic rings. The van der Waals surface area contributed by atoms with E-state index in [9.17, 15) is 0 Å². The van der Waals surface area contributed by atoms with Crippen LogP contribution in [0.4, 0.5) is 5.69 Å². The van der Waals surface area contributed by atoms with Crippen LogP contribution in [0, 0.1) is 13.8 Å². The van der Waals surface area contributed by atoms with Gasteiger partial charge in [0.05, 0.1) is 21.7 Å². The molecule has 2 nitrogen and oxygen atoms in total. The number of hydrogen-bond acceptors (Lipinski definition) is 2. The maximum Gasteiger partial charge on any atom is 0.147 e. The zero-order valence-corrected chi connectivity index (χ0v) is 14.7. The van der Waals surface area contributed by atoms with Gasteiger partial charge in [-0.25, -0.2) is 0 Å². The fourth-order valence-corrected chi connectivity index (χ4v) is 3.35. The molecule has 0 aliphatic heterocycles. The molecule has 2 rings (SSSR count). The summed E-state index contributed by atoms with van der Waals surface area (Å²) < 4.78 is 7.08. The van der Waals surface area contributed by atoms with Crippen molar-refractivity contribution in [2.75, 3.05) is 7.11 Å². The van der Waals surface area contributed by atoms with E-state index in [-0.39, 0.29) is 0 Å². The van der Waals surface area contributed by atoms with Crippen molar-refractivity contribution in [2.24, 2.45) is 4.99 Å². The predicted molar refractivity (Wildman–Crippen MR) is 91.6 cm³/mol. The van der Waals surface area contributed by atoms with Gasteiger partial charge in [0.1, 0.15) is 5.75 Å². The SMILES string of the molecule is COc1c(Br)cc(C=Nc2ccc(C)c(C)c2)cc1Br. The summed E-state index contributed by atoms with van der Waals surface area (Å²) in [4.78, 5) is 4.51. The van der Waals surface area contributed by atoms with Crippen LogP contribution >= 0.6 is 31.9 Å². The topological polar surface area (TPSA) is 21.6 Å². The highest BCUT2D eigenvalue weighted by molar-refractivity contribution is 9.11. The van der Waals surface area contributed by atoms with Crippen LogP contribution in [0.3, 0.4) is 0 Å². The van der Waals surface area contributed by atoms with Crippen molar-refractivity contribution in [1.29, 1.82) is 0 Å². The van der Waals surface area contributed by atoms with Crippen LogP contribution in [0.2, 0.25) is 0 Å². The number of nitrogens with zero attached hydrogens (tertiary/aromatic N) is 1. The maximum atomic E-state index is 5.28. The summed E-state index contributed by atoms with van der Waals surface area (Å²) in [5, 5.41) is 0. The summed E-state index contributed by atoms with van der Waals surface area (Å²) in [6.07, 6.45) is 1.85. The van der Waals surface area contributed by atoms with Crippen molar-refractivity contribution in [2.45, 2.75) is 13.8 Å². The summed E-state index contributed by atoms with van der Waals surface area (Å²) in [7, 11) is 1.65. The summed E-state index contributed by atoms with van der Waals surface area (Å²) in [6.45, 7) is 4.19. The van der Waals surface area contributed by atoms with Crippen LogP contribution in [0.5, 0.6) is 5.75 Å². The summed E-state index contributed by atoms with van der Waals surface area (Å²) in [5.74, 6) is 0.785. The van der Waals surface area contributed by atoms with Crippen LogP contribution in [0.15, 0.2) is 44.3 Å². The Morgan fingerprint density at radius 2 is 1.65 bits per heavy atom. The third-order valence-corrected chi connectivity index (χ3v) is 4.26. The normalized spacial score (nSPS) is 11.1. The average molecular weight is 397 g/mol. The van der Waals surface area contributed by atoms with E-state index in [2.05, 4.69) is 62.8 Å². The second-order valence-corrected chi connectivity index (χ2v) is 6.25. The Bertz CT molecular complexity index is 643. The molecule has 0 spiro atoms. The van der Waals surface area contributed by atoms with Crippen molar-refractivity contribution in [3.05, 3.63) is 56.0 Å². The maximum absolute atomic E-state index is 5.28. The molecule has 0 saturated carbocycles. The van der Waals surface area contributed by atoms with E-state index < -0.39 is 0 Å². The Labute approximate surface area is 136 Å². The Balaban J connectivity index is 2.29. The predicted octanol–water partition coefficient (Wildman–Crippen LogP) is 5.59. The van der Waals surface area contributed by atoms with Gasteiger partial charge in [-0.2, -0.15) is 0 Å². The summed E-state index contributed by atoms with van der Waals surface area (Å²) >= 11 is 6.98. The molecule has 0 heterocycles. The molecule has 0 bridgehead atoms. The second-order valence-electron chi connectivity index (χ2n) is 4.54. The van der Waals surface area contributed by atoms with E-state index in [1.807, 2.05) is 24.4 Å². The Hall–Kier alpha value is -1.13. The van der Waals surface area contributed by atoms with E-state index in [1.165, 1.54) is 11.1 Å². The zero-order valence-electron chi connectivity index (χ0n) is 11.6. The first-order valence-electron chi connectivity index (χ1n) is 6.15. The highest BCUT2D eigenvalue weighted by Gasteiger charge is 2.06. The smallest absolute Gasteiger partial charge is 0.147 e. The number of rotatable bonds is 3. The van der Waals surface area contributed by atoms with Crippen molar-refractivity contribution < 1.29 is 4.74 Å². The van der Waals surface area contributed by atoms with Crippen molar-refractivity contribution in [3.8, 4) is 5.75 Å². The molecule has 2 aromatic carbocycles. The molecule has 0 saturated heterocycles. The number of benzene rings is 2. The lowest BCUT2D eigenvalue weighted by atomic mass is 10.1.